The molecule has 0 fully saturated rings. The number of nitrogen functional groups attached to an aromatic ring is 1. The summed E-state index contributed by atoms with van der Waals surface area (Å²) in [6.07, 6.45) is 0.872. The molecule has 2 aromatic carbocycles. The fourth-order valence-electron chi connectivity index (χ4n) is 2.10. The summed E-state index contributed by atoms with van der Waals surface area (Å²) in [4.78, 5) is 12.7. The first-order valence-electron chi connectivity index (χ1n) is 6.82. The van der Waals surface area contributed by atoms with Crippen LogP contribution in [-0.4, -0.2) is 12.4 Å². The number of benzene rings is 2. The summed E-state index contributed by atoms with van der Waals surface area (Å²) >= 11 is 0. The largest absolute Gasteiger partial charge is 0.493 e. The summed E-state index contributed by atoms with van der Waals surface area (Å²) in [5.41, 5.74) is 8.57. The van der Waals surface area contributed by atoms with Gasteiger partial charge >= 0.3 is 0 Å². The molecule has 0 aliphatic rings. The van der Waals surface area contributed by atoms with Gasteiger partial charge in [-0.15, -0.1) is 0 Å². The molecule has 0 radical (unpaired) electrons. The maximum atomic E-state index is 12.7. The molecule has 0 amide bonds. The Morgan fingerprint density at radius 3 is 2.50 bits per heavy atom. The summed E-state index contributed by atoms with van der Waals surface area (Å²) in [7, 11) is 0. The van der Waals surface area contributed by atoms with Crippen LogP contribution in [0.4, 0.5) is 5.69 Å². The first-order valence-corrected chi connectivity index (χ1v) is 6.82. The maximum absolute atomic E-state index is 12.7. The minimum Gasteiger partial charge on any atom is -0.493 e. The molecule has 0 saturated heterocycles. The molecule has 0 aliphatic heterocycles. The smallest absolute Gasteiger partial charge is 0.198 e. The van der Waals surface area contributed by atoms with E-state index in [0.29, 0.717) is 29.2 Å². The van der Waals surface area contributed by atoms with E-state index in [-0.39, 0.29) is 5.78 Å². The van der Waals surface area contributed by atoms with Gasteiger partial charge in [0.25, 0.3) is 0 Å². The van der Waals surface area contributed by atoms with Crippen LogP contribution < -0.4 is 10.5 Å². The third kappa shape index (κ3) is 2.82. The lowest BCUT2D eigenvalue weighted by Crippen LogP contribution is -2.08. The molecule has 0 heterocycles. The van der Waals surface area contributed by atoms with Crippen molar-refractivity contribution in [2.24, 2.45) is 0 Å². The molecule has 2 rings (SSSR count). The Morgan fingerprint density at radius 1 is 1.10 bits per heavy atom. The number of rotatable bonds is 5. The van der Waals surface area contributed by atoms with E-state index in [1.54, 1.807) is 12.1 Å². The van der Waals surface area contributed by atoms with Crippen molar-refractivity contribution in [1.29, 1.82) is 0 Å². The molecular weight excluding hydrogens is 250 g/mol. The number of ether oxygens (including phenoxy) is 1. The maximum Gasteiger partial charge on any atom is 0.198 e. The van der Waals surface area contributed by atoms with Gasteiger partial charge in [0.05, 0.1) is 12.2 Å². The Labute approximate surface area is 119 Å². The number of aryl methyl sites for hydroxylation is 1. The number of hydrogen-bond acceptors (Lipinski definition) is 3. The van der Waals surface area contributed by atoms with Gasteiger partial charge in [-0.05, 0) is 43.2 Å². The summed E-state index contributed by atoms with van der Waals surface area (Å²) < 4.78 is 5.56. The van der Waals surface area contributed by atoms with Crippen molar-refractivity contribution >= 4 is 11.5 Å². The van der Waals surface area contributed by atoms with Gasteiger partial charge in [0.1, 0.15) is 5.75 Å². The number of carbonyl (C=O) groups is 1. The van der Waals surface area contributed by atoms with Crippen LogP contribution in [0.15, 0.2) is 42.5 Å². The lowest BCUT2D eigenvalue weighted by Gasteiger charge is -2.12. The number of para-hydroxylation sites is 1. The predicted molar refractivity (Wildman–Crippen MR) is 81.3 cm³/mol. The van der Waals surface area contributed by atoms with Crippen molar-refractivity contribution in [3.63, 3.8) is 0 Å². The average Bonchev–Trinajstić information content (AvgIpc) is 2.48. The van der Waals surface area contributed by atoms with E-state index >= 15 is 0 Å². The molecule has 0 bridgehead atoms. The zero-order valence-corrected chi connectivity index (χ0v) is 11.8. The number of ketones is 1. The molecule has 0 aliphatic carbocycles. The molecule has 2 aromatic rings. The second kappa shape index (κ2) is 6.24. The highest BCUT2D eigenvalue weighted by Crippen LogP contribution is 2.25. The molecule has 0 spiro atoms. The lowest BCUT2D eigenvalue weighted by molar-refractivity contribution is 0.103. The van der Waals surface area contributed by atoms with Gasteiger partial charge in [-0.3, -0.25) is 4.79 Å². The van der Waals surface area contributed by atoms with Gasteiger partial charge in [0.2, 0.25) is 0 Å². The lowest BCUT2D eigenvalue weighted by atomic mass is 9.98. The molecule has 0 atom stereocenters. The first kappa shape index (κ1) is 14.1. The van der Waals surface area contributed by atoms with Crippen molar-refractivity contribution in [2.45, 2.75) is 20.3 Å². The highest BCUT2D eigenvalue weighted by atomic mass is 16.5. The standard InChI is InChI=1S/C17H19NO2/c1-3-12-9-10-16(20-4-2)14(11-12)17(19)13-7-5-6-8-15(13)18/h5-11H,3-4,18H2,1-2H3. The molecule has 20 heavy (non-hydrogen) atoms. The highest BCUT2D eigenvalue weighted by Gasteiger charge is 2.17. The molecule has 0 unspecified atom stereocenters. The van der Waals surface area contributed by atoms with Gasteiger partial charge in [0, 0.05) is 11.3 Å². The number of anilines is 1. The van der Waals surface area contributed by atoms with Crippen LogP contribution in [0, 0.1) is 0 Å². The Bertz CT molecular complexity index is 620. The van der Waals surface area contributed by atoms with Crippen molar-refractivity contribution in [1.82, 2.24) is 0 Å². The van der Waals surface area contributed by atoms with E-state index in [9.17, 15) is 4.79 Å². The van der Waals surface area contributed by atoms with E-state index in [4.69, 9.17) is 10.5 Å². The van der Waals surface area contributed by atoms with Crippen molar-refractivity contribution in [3.05, 3.63) is 59.2 Å². The fraction of sp³-hybridized carbons (Fsp3) is 0.235. The van der Waals surface area contributed by atoms with Crippen LogP contribution >= 0.6 is 0 Å². The molecular formula is C17H19NO2. The molecule has 2 N–H and O–H groups in total. The second-order valence-electron chi connectivity index (χ2n) is 4.53. The van der Waals surface area contributed by atoms with Crippen molar-refractivity contribution < 1.29 is 9.53 Å². The number of hydrogen-bond donors (Lipinski definition) is 1. The van der Waals surface area contributed by atoms with Crippen molar-refractivity contribution in [2.75, 3.05) is 12.3 Å². The van der Waals surface area contributed by atoms with Crippen LogP contribution in [0.3, 0.4) is 0 Å². The van der Waals surface area contributed by atoms with E-state index in [1.165, 1.54) is 0 Å². The van der Waals surface area contributed by atoms with Gasteiger partial charge in [-0.2, -0.15) is 0 Å². The minimum absolute atomic E-state index is 0.0955. The summed E-state index contributed by atoms with van der Waals surface area (Å²) in [6, 6.07) is 12.8. The zero-order valence-electron chi connectivity index (χ0n) is 11.8. The predicted octanol–water partition coefficient (Wildman–Crippen LogP) is 3.46. The summed E-state index contributed by atoms with van der Waals surface area (Å²) in [6.45, 7) is 4.48. The molecule has 0 aromatic heterocycles. The van der Waals surface area contributed by atoms with E-state index in [0.717, 1.165) is 12.0 Å². The second-order valence-corrected chi connectivity index (χ2v) is 4.53. The third-order valence-corrected chi connectivity index (χ3v) is 3.20. The van der Waals surface area contributed by atoms with Crippen LogP contribution in [0.2, 0.25) is 0 Å². The molecule has 104 valence electrons. The first-order chi connectivity index (χ1) is 9.67. The summed E-state index contributed by atoms with van der Waals surface area (Å²) in [5, 5.41) is 0. The fourth-order valence-corrected chi connectivity index (χ4v) is 2.10. The Kier molecular flexibility index (Phi) is 4.41. The van der Waals surface area contributed by atoms with Gasteiger partial charge in [0.15, 0.2) is 5.78 Å². The van der Waals surface area contributed by atoms with E-state index in [1.807, 2.05) is 37.3 Å². The van der Waals surface area contributed by atoms with E-state index < -0.39 is 0 Å². The monoisotopic (exact) mass is 269 g/mol. The Balaban J connectivity index is 2.49. The number of nitrogens with two attached hydrogens (primary N) is 1. The van der Waals surface area contributed by atoms with Crippen LogP contribution in [0.1, 0.15) is 35.3 Å². The van der Waals surface area contributed by atoms with Gasteiger partial charge < -0.3 is 10.5 Å². The SMILES string of the molecule is CCOc1ccc(CC)cc1C(=O)c1ccccc1N. The van der Waals surface area contributed by atoms with Gasteiger partial charge in [-0.1, -0.05) is 25.1 Å². The van der Waals surface area contributed by atoms with Crippen LogP contribution in [-0.2, 0) is 6.42 Å². The number of carbonyl (C=O) groups excluding carboxylic acids is 1. The third-order valence-electron chi connectivity index (χ3n) is 3.20. The minimum atomic E-state index is -0.0955. The Morgan fingerprint density at radius 2 is 1.85 bits per heavy atom. The normalized spacial score (nSPS) is 10.3. The average molecular weight is 269 g/mol. The Hall–Kier alpha value is -2.29. The van der Waals surface area contributed by atoms with Gasteiger partial charge in [-0.25, -0.2) is 0 Å². The molecule has 0 saturated carbocycles. The molecule has 3 nitrogen and oxygen atoms in total. The topological polar surface area (TPSA) is 52.3 Å². The van der Waals surface area contributed by atoms with E-state index in [2.05, 4.69) is 6.92 Å². The molecule has 3 heteroatoms. The summed E-state index contributed by atoms with van der Waals surface area (Å²) in [5.74, 6) is 0.514. The highest BCUT2D eigenvalue weighted by molar-refractivity contribution is 6.13. The van der Waals surface area contributed by atoms with Crippen LogP contribution in [0.25, 0.3) is 0 Å². The van der Waals surface area contributed by atoms with Crippen molar-refractivity contribution in [3.8, 4) is 5.75 Å². The zero-order chi connectivity index (χ0) is 14.5. The van der Waals surface area contributed by atoms with Crippen LogP contribution in [0.5, 0.6) is 5.75 Å². The quantitative estimate of drug-likeness (QED) is 0.668.